The number of hydrogen-bond acceptors (Lipinski definition) is 6. The summed E-state index contributed by atoms with van der Waals surface area (Å²) in [5.41, 5.74) is 3.97. The first-order valence-electron chi connectivity index (χ1n) is 9.89. The van der Waals surface area contributed by atoms with Gasteiger partial charge in [0.2, 0.25) is 0 Å². The average molecular weight is 446 g/mol. The zero-order valence-corrected chi connectivity index (χ0v) is 17.8. The zero-order chi connectivity index (χ0) is 23.5. The van der Waals surface area contributed by atoms with Crippen LogP contribution in [-0.4, -0.2) is 37.7 Å². The average Bonchev–Trinajstić information content (AvgIpc) is 2.84. The highest BCUT2D eigenvalue weighted by Crippen LogP contribution is 2.15. The predicted molar refractivity (Wildman–Crippen MR) is 124 cm³/mol. The van der Waals surface area contributed by atoms with Crippen LogP contribution < -0.4 is 25.5 Å². The number of nitrogens with zero attached hydrogens (tertiary/aromatic N) is 1. The molecule has 3 aromatic rings. The van der Waals surface area contributed by atoms with E-state index in [1.165, 1.54) is 6.21 Å². The van der Waals surface area contributed by atoms with E-state index in [0.29, 0.717) is 28.4 Å². The number of methoxy groups -OCH3 is 1. The molecule has 0 aromatic heterocycles. The Morgan fingerprint density at radius 1 is 0.788 bits per heavy atom. The van der Waals surface area contributed by atoms with E-state index >= 15 is 0 Å². The van der Waals surface area contributed by atoms with Gasteiger partial charge in [-0.15, -0.1) is 0 Å². The second kappa shape index (κ2) is 11.7. The van der Waals surface area contributed by atoms with Gasteiger partial charge in [0.05, 0.1) is 13.3 Å². The Labute approximate surface area is 190 Å². The molecule has 0 fully saturated rings. The standard InChI is InChI=1S/C24H22N4O5/c1-32-20-13-9-19(10-14-20)26-22(29)16-33-21-11-7-17(8-12-21)15-25-28-24(31)23(30)27-18-5-3-2-4-6-18/h2-15H,16H2,1H3,(H,26,29)(H,27,30)(H,28,31)/b25-15-. The molecular weight excluding hydrogens is 424 g/mol. The van der Waals surface area contributed by atoms with Crippen LogP contribution in [0.4, 0.5) is 11.4 Å². The molecule has 3 amide bonds. The number of rotatable bonds is 8. The van der Waals surface area contributed by atoms with E-state index in [4.69, 9.17) is 9.47 Å². The van der Waals surface area contributed by atoms with Crippen LogP contribution in [0, 0.1) is 0 Å². The quantitative estimate of drug-likeness (QED) is 0.279. The molecule has 0 saturated carbocycles. The Morgan fingerprint density at radius 2 is 1.42 bits per heavy atom. The SMILES string of the molecule is COc1ccc(NC(=O)COc2ccc(/C=N\NC(=O)C(=O)Nc3ccccc3)cc2)cc1. The summed E-state index contributed by atoms with van der Waals surface area (Å²) in [6.07, 6.45) is 1.38. The molecule has 0 bridgehead atoms. The van der Waals surface area contributed by atoms with E-state index < -0.39 is 11.8 Å². The Bertz CT molecular complexity index is 1110. The van der Waals surface area contributed by atoms with Crippen LogP contribution in [0.3, 0.4) is 0 Å². The number of amides is 3. The van der Waals surface area contributed by atoms with Crippen LogP contribution in [0.5, 0.6) is 11.5 Å². The van der Waals surface area contributed by atoms with Crippen LogP contribution in [-0.2, 0) is 14.4 Å². The molecule has 0 heterocycles. The molecule has 0 unspecified atom stereocenters. The highest BCUT2D eigenvalue weighted by Gasteiger charge is 2.12. The van der Waals surface area contributed by atoms with Crippen molar-refractivity contribution in [1.82, 2.24) is 5.43 Å². The summed E-state index contributed by atoms with van der Waals surface area (Å²) in [6.45, 7) is -0.161. The molecule has 0 atom stereocenters. The Kier molecular flexibility index (Phi) is 8.13. The van der Waals surface area contributed by atoms with Crippen molar-refractivity contribution in [1.29, 1.82) is 0 Å². The lowest BCUT2D eigenvalue weighted by atomic mass is 10.2. The van der Waals surface area contributed by atoms with Crippen molar-refractivity contribution < 1.29 is 23.9 Å². The number of nitrogens with one attached hydrogen (secondary N) is 3. The Morgan fingerprint density at radius 3 is 2.09 bits per heavy atom. The van der Waals surface area contributed by atoms with E-state index in [1.54, 1.807) is 86.0 Å². The van der Waals surface area contributed by atoms with Crippen LogP contribution in [0.1, 0.15) is 5.56 Å². The maximum atomic E-state index is 12.0. The molecule has 9 nitrogen and oxygen atoms in total. The third-order valence-electron chi connectivity index (χ3n) is 4.24. The molecule has 0 radical (unpaired) electrons. The van der Waals surface area contributed by atoms with E-state index in [2.05, 4.69) is 21.2 Å². The summed E-state index contributed by atoms with van der Waals surface area (Å²) in [5, 5.41) is 8.95. The summed E-state index contributed by atoms with van der Waals surface area (Å²) in [7, 11) is 1.57. The monoisotopic (exact) mass is 446 g/mol. The van der Waals surface area contributed by atoms with Gasteiger partial charge in [0.15, 0.2) is 6.61 Å². The number of benzene rings is 3. The van der Waals surface area contributed by atoms with Gasteiger partial charge in [-0.25, -0.2) is 5.43 Å². The number of carbonyl (C=O) groups is 3. The highest BCUT2D eigenvalue weighted by molar-refractivity contribution is 6.39. The fourth-order valence-electron chi connectivity index (χ4n) is 2.60. The minimum atomic E-state index is -0.891. The highest BCUT2D eigenvalue weighted by atomic mass is 16.5. The van der Waals surface area contributed by atoms with Gasteiger partial charge in [-0.2, -0.15) is 5.10 Å². The third-order valence-corrected chi connectivity index (χ3v) is 4.24. The fourth-order valence-corrected chi connectivity index (χ4v) is 2.60. The van der Waals surface area contributed by atoms with Crippen LogP contribution in [0.2, 0.25) is 0 Å². The summed E-state index contributed by atoms with van der Waals surface area (Å²) >= 11 is 0. The molecule has 9 heteroatoms. The van der Waals surface area contributed by atoms with Crippen molar-refractivity contribution >= 4 is 35.3 Å². The second-order valence-electron chi connectivity index (χ2n) is 6.65. The van der Waals surface area contributed by atoms with Crippen LogP contribution in [0.15, 0.2) is 84.0 Å². The lowest BCUT2D eigenvalue weighted by Crippen LogP contribution is -2.32. The summed E-state index contributed by atoms with van der Waals surface area (Å²) in [5.74, 6) is -0.832. The van der Waals surface area contributed by atoms with Crippen LogP contribution >= 0.6 is 0 Å². The van der Waals surface area contributed by atoms with Gasteiger partial charge in [0.1, 0.15) is 11.5 Å². The second-order valence-corrected chi connectivity index (χ2v) is 6.65. The number of hydrazone groups is 1. The van der Waals surface area contributed by atoms with Gasteiger partial charge in [-0.1, -0.05) is 18.2 Å². The molecule has 0 aliphatic rings. The molecular formula is C24H22N4O5. The van der Waals surface area contributed by atoms with Crippen molar-refractivity contribution in [3.8, 4) is 11.5 Å². The normalized spacial score (nSPS) is 10.3. The first-order valence-corrected chi connectivity index (χ1v) is 9.89. The number of para-hydroxylation sites is 1. The number of anilines is 2. The van der Waals surface area contributed by atoms with Crippen molar-refractivity contribution in [2.75, 3.05) is 24.4 Å². The molecule has 3 aromatic carbocycles. The first kappa shape index (κ1) is 23.0. The molecule has 0 saturated heterocycles. The van der Waals surface area contributed by atoms with Gasteiger partial charge in [-0.05, 0) is 66.2 Å². The molecule has 0 aliphatic heterocycles. The van der Waals surface area contributed by atoms with Crippen molar-refractivity contribution in [3.05, 3.63) is 84.4 Å². The molecule has 168 valence electrons. The largest absolute Gasteiger partial charge is 0.497 e. The van der Waals surface area contributed by atoms with E-state index in [0.717, 1.165) is 0 Å². The lowest BCUT2D eigenvalue weighted by Gasteiger charge is -2.08. The lowest BCUT2D eigenvalue weighted by molar-refractivity contribution is -0.136. The number of hydrogen-bond donors (Lipinski definition) is 3. The van der Waals surface area contributed by atoms with Gasteiger partial charge >= 0.3 is 11.8 Å². The minimum Gasteiger partial charge on any atom is -0.497 e. The molecule has 0 spiro atoms. The maximum Gasteiger partial charge on any atom is 0.329 e. The van der Waals surface area contributed by atoms with Gasteiger partial charge in [-0.3, -0.25) is 14.4 Å². The Hall–Kier alpha value is -4.66. The van der Waals surface area contributed by atoms with Gasteiger partial charge in [0.25, 0.3) is 5.91 Å². The fraction of sp³-hybridized carbons (Fsp3) is 0.0833. The smallest absolute Gasteiger partial charge is 0.329 e. The maximum absolute atomic E-state index is 12.0. The van der Waals surface area contributed by atoms with Crippen molar-refractivity contribution in [2.24, 2.45) is 5.10 Å². The van der Waals surface area contributed by atoms with E-state index in [-0.39, 0.29) is 12.5 Å². The summed E-state index contributed by atoms with van der Waals surface area (Å²) in [6, 6.07) is 22.3. The van der Waals surface area contributed by atoms with Gasteiger partial charge < -0.3 is 20.1 Å². The van der Waals surface area contributed by atoms with Crippen molar-refractivity contribution in [3.63, 3.8) is 0 Å². The third kappa shape index (κ3) is 7.51. The molecule has 3 N–H and O–H groups in total. The van der Waals surface area contributed by atoms with Gasteiger partial charge in [0, 0.05) is 11.4 Å². The van der Waals surface area contributed by atoms with E-state index in [1.807, 2.05) is 0 Å². The number of carbonyl (C=O) groups excluding carboxylic acids is 3. The number of ether oxygens (including phenoxy) is 2. The topological polar surface area (TPSA) is 118 Å². The first-order chi connectivity index (χ1) is 16.0. The molecule has 3 rings (SSSR count). The molecule has 0 aliphatic carbocycles. The van der Waals surface area contributed by atoms with Crippen molar-refractivity contribution in [2.45, 2.75) is 0 Å². The molecule has 33 heavy (non-hydrogen) atoms. The summed E-state index contributed by atoms with van der Waals surface area (Å²) in [4.78, 5) is 35.6. The Balaban J connectivity index is 1.41. The van der Waals surface area contributed by atoms with Crippen LogP contribution in [0.25, 0.3) is 0 Å². The zero-order valence-electron chi connectivity index (χ0n) is 17.8. The predicted octanol–water partition coefficient (Wildman–Crippen LogP) is 2.80. The van der Waals surface area contributed by atoms with E-state index in [9.17, 15) is 14.4 Å². The minimum absolute atomic E-state index is 0.161. The summed E-state index contributed by atoms with van der Waals surface area (Å²) < 4.78 is 10.5.